The number of hydrogen-bond donors (Lipinski definition) is 1. The second-order valence-corrected chi connectivity index (χ2v) is 9.44. The molecule has 2 aliphatic heterocycles. The van der Waals surface area contributed by atoms with Gasteiger partial charge in [-0.1, -0.05) is 22.0 Å². The zero-order valence-electron chi connectivity index (χ0n) is 14.9. The van der Waals surface area contributed by atoms with E-state index in [2.05, 4.69) is 21.2 Å². The zero-order valence-corrected chi connectivity index (χ0v) is 17.3. The molecule has 1 amide bonds. The molecule has 0 radical (unpaired) electrons. The Hall–Kier alpha value is -2.10. The van der Waals surface area contributed by atoms with Gasteiger partial charge in [-0.3, -0.25) is 4.79 Å². The molecule has 1 atom stereocenters. The van der Waals surface area contributed by atoms with Gasteiger partial charge in [-0.25, -0.2) is 8.42 Å². The van der Waals surface area contributed by atoms with E-state index in [1.54, 1.807) is 30.3 Å². The van der Waals surface area contributed by atoms with Crippen LogP contribution in [0.15, 0.2) is 51.8 Å². The molecular formula is C19H19BrN2O5S. The van der Waals surface area contributed by atoms with E-state index in [0.717, 1.165) is 10.0 Å². The number of halogens is 1. The molecule has 28 heavy (non-hydrogen) atoms. The van der Waals surface area contributed by atoms with Gasteiger partial charge in [0.05, 0.1) is 4.90 Å². The van der Waals surface area contributed by atoms with Crippen LogP contribution in [-0.2, 0) is 21.4 Å². The molecule has 0 saturated carbocycles. The van der Waals surface area contributed by atoms with Crippen LogP contribution in [0.5, 0.6) is 11.5 Å². The summed E-state index contributed by atoms with van der Waals surface area (Å²) >= 11 is 3.30. The van der Waals surface area contributed by atoms with E-state index in [9.17, 15) is 13.2 Å². The summed E-state index contributed by atoms with van der Waals surface area (Å²) in [6, 6.07) is 11.2. The number of sulfonamides is 1. The van der Waals surface area contributed by atoms with E-state index in [4.69, 9.17) is 9.47 Å². The van der Waals surface area contributed by atoms with Crippen LogP contribution in [0, 0.1) is 0 Å². The van der Waals surface area contributed by atoms with Crippen molar-refractivity contribution >= 4 is 31.9 Å². The maximum atomic E-state index is 13.0. The number of rotatable bonds is 5. The van der Waals surface area contributed by atoms with Crippen LogP contribution in [0.2, 0.25) is 0 Å². The van der Waals surface area contributed by atoms with Gasteiger partial charge in [-0.05, 0) is 54.8 Å². The summed E-state index contributed by atoms with van der Waals surface area (Å²) in [7, 11) is -3.73. The molecule has 1 saturated heterocycles. The summed E-state index contributed by atoms with van der Waals surface area (Å²) in [5, 5.41) is 2.85. The van der Waals surface area contributed by atoms with E-state index in [1.807, 2.05) is 12.1 Å². The lowest BCUT2D eigenvalue weighted by atomic mass is 10.2. The van der Waals surface area contributed by atoms with Gasteiger partial charge in [0.25, 0.3) is 0 Å². The molecule has 2 heterocycles. The van der Waals surface area contributed by atoms with Gasteiger partial charge in [0.2, 0.25) is 22.7 Å². The van der Waals surface area contributed by atoms with Crippen molar-refractivity contribution in [1.82, 2.24) is 9.62 Å². The molecule has 0 spiro atoms. The van der Waals surface area contributed by atoms with Crippen molar-refractivity contribution < 1.29 is 22.7 Å². The fourth-order valence-electron chi connectivity index (χ4n) is 3.39. The highest BCUT2D eigenvalue weighted by molar-refractivity contribution is 9.10. The van der Waals surface area contributed by atoms with Gasteiger partial charge in [-0.15, -0.1) is 0 Å². The first-order chi connectivity index (χ1) is 13.4. The predicted octanol–water partition coefficient (Wildman–Crippen LogP) is 2.65. The maximum absolute atomic E-state index is 13.0. The Balaban J connectivity index is 1.45. The fourth-order valence-corrected chi connectivity index (χ4v) is 5.31. The number of fused-ring (bicyclic) bond motifs is 1. The van der Waals surface area contributed by atoms with Gasteiger partial charge in [-0.2, -0.15) is 4.31 Å². The zero-order chi connectivity index (χ0) is 19.7. The lowest BCUT2D eigenvalue weighted by Crippen LogP contribution is -2.45. The lowest BCUT2D eigenvalue weighted by molar-refractivity contribution is -0.124. The monoisotopic (exact) mass is 466 g/mol. The summed E-state index contributed by atoms with van der Waals surface area (Å²) in [6.07, 6.45) is 1.15. The normalized spacial score (nSPS) is 19.0. The number of hydrogen-bond acceptors (Lipinski definition) is 5. The minimum atomic E-state index is -3.73. The molecule has 2 aromatic rings. The van der Waals surface area contributed by atoms with Crippen molar-refractivity contribution in [1.29, 1.82) is 0 Å². The third-order valence-corrected chi connectivity index (χ3v) is 7.28. The second-order valence-electron chi connectivity index (χ2n) is 6.63. The van der Waals surface area contributed by atoms with Crippen molar-refractivity contribution in [3.05, 3.63) is 52.5 Å². The summed E-state index contributed by atoms with van der Waals surface area (Å²) in [6.45, 7) is 0.814. The highest BCUT2D eigenvalue weighted by atomic mass is 79.9. The van der Waals surface area contributed by atoms with Gasteiger partial charge < -0.3 is 14.8 Å². The van der Waals surface area contributed by atoms with Crippen LogP contribution in [0.3, 0.4) is 0 Å². The molecule has 2 aliphatic rings. The minimum Gasteiger partial charge on any atom is -0.454 e. The molecule has 2 aromatic carbocycles. The molecule has 9 heteroatoms. The summed E-state index contributed by atoms with van der Waals surface area (Å²) in [4.78, 5) is 12.9. The number of carbonyl (C=O) groups excluding carboxylic acids is 1. The number of ether oxygens (including phenoxy) is 2. The SMILES string of the molecule is O=C(NCc1ccc2c(c1)OCO2)C1CCCN1S(=O)(=O)c1ccc(Br)cc1. The molecule has 1 fully saturated rings. The lowest BCUT2D eigenvalue weighted by Gasteiger charge is -2.23. The van der Waals surface area contributed by atoms with Crippen molar-refractivity contribution in [2.24, 2.45) is 0 Å². The van der Waals surface area contributed by atoms with Gasteiger partial charge >= 0.3 is 0 Å². The number of nitrogens with one attached hydrogen (secondary N) is 1. The first-order valence-electron chi connectivity index (χ1n) is 8.89. The Kier molecular flexibility index (Phi) is 5.31. The Morgan fingerprint density at radius 2 is 1.89 bits per heavy atom. The summed E-state index contributed by atoms with van der Waals surface area (Å²) in [5.41, 5.74) is 0.859. The first-order valence-corrected chi connectivity index (χ1v) is 11.1. The van der Waals surface area contributed by atoms with Crippen molar-refractivity contribution in [2.75, 3.05) is 13.3 Å². The van der Waals surface area contributed by atoms with E-state index >= 15 is 0 Å². The molecule has 148 valence electrons. The highest BCUT2D eigenvalue weighted by Gasteiger charge is 2.39. The average molecular weight is 467 g/mol. The van der Waals surface area contributed by atoms with E-state index in [1.165, 1.54) is 4.31 Å². The van der Waals surface area contributed by atoms with Crippen molar-refractivity contribution in [2.45, 2.75) is 30.3 Å². The highest BCUT2D eigenvalue weighted by Crippen LogP contribution is 2.32. The molecular weight excluding hydrogens is 448 g/mol. The quantitative estimate of drug-likeness (QED) is 0.731. The fraction of sp³-hybridized carbons (Fsp3) is 0.316. The van der Waals surface area contributed by atoms with Gasteiger partial charge in [0, 0.05) is 17.6 Å². The number of benzene rings is 2. The van der Waals surface area contributed by atoms with Crippen molar-refractivity contribution in [3.63, 3.8) is 0 Å². The largest absolute Gasteiger partial charge is 0.454 e. The molecule has 7 nitrogen and oxygen atoms in total. The van der Waals surface area contributed by atoms with Crippen LogP contribution in [0.25, 0.3) is 0 Å². The van der Waals surface area contributed by atoms with Crippen molar-refractivity contribution in [3.8, 4) is 11.5 Å². The van der Waals surface area contributed by atoms with E-state index in [0.29, 0.717) is 30.9 Å². The van der Waals surface area contributed by atoms with Gasteiger partial charge in [0.1, 0.15) is 6.04 Å². The summed E-state index contributed by atoms with van der Waals surface area (Å²) in [5.74, 6) is 1.03. The number of amides is 1. The first kappa shape index (κ1) is 19.2. The third-order valence-electron chi connectivity index (χ3n) is 4.83. The molecule has 1 N–H and O–H groups in total. The smallest absolute Gasteiger partial charge is 0.243 e. The molecule has 0 aromatic heterocycles. The number of carbonyl (C=O) groups is 1. The molecule has 4 rings (SSSR count). The predicted molar refractivity (Wildman–Crippen MR) is 105 cm³/mol. The molecule has 0 bridgehead atoms. The van der Waals surface area contributed by atoms with E-state index in [-0.39, 0.29) is 24.1 Å². The minimum absolute atomic E-state index is 0.186. The second kappa shape index (κ2) is 7.73. The Labute approximate surface area is 171 Å². The van der Waals surface area contributed by atoms with Crippen LogP contribution >= 0.6 is 15.9 Å². The standard InChI is InChI=1S/C19H19BrN2O5S/c20-14-4-6-15(7-5-14)28(24,25)22-9-1-2-16(22)19(23)21-11-13-3-8-17-18(10-13)27-12-26-17/h3-8,10,16H,1-2,9,11-12H2,(H,21,23). The topological polar surface area (TPSA) is 84.9 Å². The molecule has 1 unspecified atom stereocenters. The Morgan fingerprint density at radius 3 is 2.68 bits per heavy atom. The van der Waals surface area contributed by atoms with Crippen LogP contribution in [0.1, 0.15) is 18.4 Å². The Bertz CT molecular complexity index is 994. The Morgan fingerprint density at radius 1 is 1.14 bits per heavy atom. The average Bonchev–Trinajstić information content (AvgIpc) is 3.35. The molecule has 0 aliphatic carbocycles. The maximum Gasteiger partial charge on any atom is 0.243 e. The third kappa shape index (κ3) is 3.74. The van der Waals surface area contributed by atoms with Crippen LogP contribution in [-0.4, -0.2) is 38.0 Å². The van der Waals surface area contributed by atoms with E-state index < -0.39 is 16.1 Å². The van der Waals surface area contributed by atoms with Crippen LogP contribution < -0.4 is 14.8 Å². The number of nitrogens with zero attached hydrogens (tertiary/aromatic N) is 1. The van der Waals surface area contributed by atoms with Crippen LogP contribution in [0.4, 0.5) is 0 Å². The summed E-state index contributed by atoms with van der Waals surface area (Å²) < 4.78 is 38.6. The van der Waals surface area contributed by atoms with Gasteiger partial charge in [0.15, 0.2) is 11.5 Å².